The second-order valence-electron chi connectivity index (χ2n) is 4.49. The first-order chi connectivity index (χ1) is 9.78. The van der Waals surface area contributed by atoms with Crippen LogP contribution in [0.4, 0.5) is 0 Å². The van der Waals surface area contributed by atoms with Crippen LogP contribution >= 0.6 is 23.7 Å². The molecule has 3 heterocycles. The number of nitrogens with two attached hydrogens (primary N) is 1. The molecule has 0 radical (unpaired) electrons. The average Bonchev–Trinajstić information content (AvgIpc) is 3.10. The Kier molecular flexibility index (Phi) is 5.29. The van der Waals surface area contributed by atoms with Gasteiger partial charge < -0.3 is 15.6 Å². The Morgan fingerprint density at radius 2 is 2.43 bits per heavy atom. The van der Waals surface area contributed by atoms with Crippen molar-refractivity contribution in [2.45, 2.75) is 19.1 Å². The number of hydrogen-bond donors (Lipinski definition) is 2. The van der Waals surface area contributed by atoms with Crippen molar-refractivity contribution in [2.24, 2.45) is 5.73 Å². The van der Waals surface area contributed by atoms with E-state index < -0.39 is 0 Å². The van der Waals surface area contributed by atoms with Gasteiger partial charge in [-0.05, 0) is 11.4 Å². The van der Waals surface area contributed by atoms with E-state index in [1.807, 2.05) is 17.5 Å². The number of nitrogens with one attached hydrogen (secondary N) is 1. The van der Waals surface area contributed by atoms with Crippen LogP contribution in [0.25, 0.3) is 0 Å². The topological polar surface area (TPSA) is 97.3 Å². The highest BCUT2D eigenvalue weighted by atomic mass is 35.5. The van der Waals surface area contributed by atoms with E-state index in [-0.39, 0.29) is 30.9 Å². The molecule has 1 amide bonds. The van der Waals surface area contributed by atoms with E-state index in [1.165, 1.54) is 0 Å². The van der Waals surface area contributed by atoms with Crippen molar-refractivity contribution in [3.8, 4) is 0 Å². The van der Waals surface area contributed by atoms with E-state index in [1.54, 1.807) is 11.3 Å². The molecule has 21 heavy (non-hydrogen) atoms. The van der Waals surface area contributed by atoms with Gasteiger partial charge in [0, 0.05) is 18.0 Å². The van der Waals surface area contributed by atoms with Crippen molar-refractivity contribution in [3.05, 3.63) is 34.1 Å². The summed E-state index contributed by atoms with van der Waals surface area (Å²) >= 11 is 1.57. The normalized spacial score (nSPS) is 19.1. The summed E-state index contributed by atoms with van der Waals surface area (Å²) in [5, 5.41) is 8.75. The summed E-state index contributed by atoms with van der Waals surface area (Å²) in [6, 6.07) is 3.62. The molecule has 1 fully saturated rings. The summed E-state index contributed by atoms with van der Waals surface area (Å²) in [5.74, 6) is 0.983. The van der Waals surface area contributed by atoms with Crippen LogP contribution in [0, 0.1) is 0 Å². The number of halogens is 1. The fourth-order valence-electron chi connectivity index (χ4n) is 2.26. The fourth-order valence-corrected chi connectivity index (χ4v) is 3.12. The molecule has 1 atom stereocenters. The third-order valence-corrected chi connectivity index (χ3v) is 4.08. The van der Waals surface area contributed by atoms with Gasteiger partial charge in [0.2, 0.25) is 11.8 Å². The van der Waals surface area contributed by atoms with Gasteiger partial charge in [-0.1, -0.05) is 11.2 Å². The first-order valence-electron chi connectivity index (χ1n) is 6.34. The molecule has 3 N–H and O–H groups in total. The molecule has 1 saturated heterocycles. The molecule has 9 heteroatoms. The third-order valence-electron chi connectivity index (χ3n) is 3.15. The number of carbonyl (C=O) groups is 1. The Hall–Kier alpha value is -1.48. The average molecular weight is 330 g/mol. The summed E-state index contributed by atoms with van der Waals surface area (Å²) in [4.78, 5) is 19.4. The third kappa shape index (κ3) is 3.41. The SMILES string of the molecule is Cl.NCc1nc(CN2CCNC(=O)C2c2cccs2)no1. The highest BCUT2D eigenvalue weighted by Crippen LogP contribution is 2.28. The van der Waals surface area contributed by atoms with E-state index in [9.17, 15) is 4.79 Å². The fraction of sp³-hybridized carbons (Fsp3) is 0.417. The predicted molar refractivity (Wildman–Crippen MR) is 79.9 cm³/mol. The Morgan fingerprint density at radius 1 is 1.57 bits per heavy atom. The number of piperazine rings is 1. The largest absolute Gasteiger partial charge is 0.353 e. The van der Waals surface area contributed by atoms with Crippen molar-refractivity contribution < 1.29 is 9.32 Å². The predicted octanol–water partition coefficient (Wildman–Crippen LogP) is 0.685. The molecule has 0 aromatic carbocycles. The monoisotopic (exact) mass is 329 g/mol. The Balaban J connectivity index is 0.00000161. The zero-order valence-corrected chi connectivity index (χ0v) is 12.8. The Labute approximate surface area is 131 Å². The molecular formula is C12H16ClN5O2S. The number of hydrogen-bond acceptors (Lipinski definition) is 7. The second-order valence-corrected chi connectivity index (χ2v) is 5.47. The quantitative estimate of drug-likeness (QED) is 0.856. The molecule has 1 aliphatic heterocycles. The number of aromatic nitrogens is 2. The molecule has 114 valence electrons. The molecule has 0 saturated carbocycles. The first kappa shape index (κ1) is 15.9. The lowest BCUT2D eigenvalue weighted by molar-refractivity contribution is -0.129. The maximum absolute atomic E-state index is 12.1. The van der Waals surface area contributed by atoms with E-state index in [2.05, 4.69) is 20.4 Å². The van der Waals surface area contributed by atoms with Crippen molar-refractivity contribution in [3.63, 3.8) is 0 Å². The molecule has 2 aromatic heterocycles. The van der Waals surface area contributed by atoms with Crippen LogP contribution < -0.4 is 11.1 Å². The van der Waals surface area contributed by atoms with Crippen LogP contribution in [0.3, 0.4) is 0 Å². The molecule has 7 nitrogen and oxygen atoms in total. The van der Waals surface area contributed by atoms with Gasteiger partial charge in [-0.2, -0.15) is 4.98 Å². The smallest absolute Gasteiger partial charge is 0.242 e. The maximum atomic E-state index is 12.1. The van der Waals surface area contributed by atoms with E-state index in [0.717, 1.165) is 11.4 Å². The molecule has 1 unspecified atom stereocenters. The number of amides is 1. The van der Waals surface area contributed by atoms with Gasteiger partial charge in [0.25, 0.3) is 0 Å². The Morgan fingerprint density at radius 3 is 3.10 bits per heavy atom. The van der Waals surface area contributed by atoms with Gasteiger partial charge in [-0.3, -0.25) is 9.69 Å². The number of thiophene rings is 1. The van der Waals surface area contributed by atoms with Crippen molar-refractivity contribution in [2.75, 3.05) is 13.1 Å². The minimum Gasteiger partial charge on any atom is -0.353 e. The van der Waals surface area contributed by atoms with Crippen molar-refractivity contribution in [1.82, 2.24) is 20.4 Å². The van der Waals surface area contributed by atoms with Crippen LogP contribution in [0.2, 0.25) is 0 Å². The summed E-state index contributed by atoms with van der Waals surface area (Å²) in [6.45, 7) is 2.07. The molecule has 1 aliphatic rings. The van der Waals surface area contributed by atoms with Crippen LogP contribution in [-0.4, -0.2) is 34.0 Å². The van der Waals surface area contributed by atoms with Crippen LogP contribution in [0.1, 0.15) is 22.6 Å². The summed E-state index contributed by atoms with van der Waals surface area (Å²) in [5.41, 5.74) is 5.45. The maximum Gasteiger partial charge on any atom is 0.242 e. The van der Waals surface area contributed by atoms with E-state index in [4.69, 9.17) is 10.3 Å². The van der Waals surface area contributed by atoms with E-state index >= 15 is 0 Å². The number of carbonyl (C=O) groups excluding carboxylic acids is 1. The molecule has 0 spiro atoms. The van der Waals surface area contributed by atoms with Gasteiger partial charge >= 0.3 is 0 Å². The zero-order chi connectivity index (χ0) is 13.9. The minimum absolute atomic E-state index is 0. The van der Waals surface area contributed by atoms with Crippen LogP contribution in [-0.2, 0) is 17.9 Å². The number of rotatable bonds is 4. The second kappa shape index (κ2) is 6.99. The van der Waals surface area contributed by atoms with Gasteiger partial charge in [0.1, 0.15) is 6.04 Å². The highest BCUT2D eigenvalue weighted by molar-refractivity contribution is 7.10. The first-order valence-corrected chi connectivity index (χ1v) is 7.22. The highest BCUT2D eigenvalue weighted by Gasteiger charge is 2.32. The van der Waals surface area contributed by atoms with Crippen LogP contribution in [0.15, 0.2) is 22.0 Å². The summed E-state index contributed by atoms with van der Waals surface area (Å²) in [7, 11) is 0. The molecule has 0 bridgehead atoms. The standard InChI is InChI=1S/C12H15N5O2S.ClH/c13-6-10-15-9(16-19-10)7-17-4-3-14-12(18)11(17)8-2-1-5-20-8;/h1-2,5,11H,3-4,6-7,13H2,(H,14,18);1H. The minimum atomic E-state index is -0.288. The number of nitrogens with zero attached hydrogens (tertiary/aromatic N) is 3. The molecule has 0 aliphatic carbocycles. The molecule has 2 aromatic rings. The van der Waals surface area contributed by atoms with Crippen LogP contribution in [0.5, 0.6) is 0 Å². The van der Waals surface area contributed by atoms with E-state index in [0.29, 0.717) is 24.8 Å². The lowest BCUT2D eigenvalue weighted by Crippen LogP contribution is -2.49. The van der Waals surface area contributed by atoms with Crippen molar-refractivity contribution in [1.29, 1.82) is 0 Å². The Bertz CT molecular complexity index is 588. The summed E-state index contributed by atoms with van der Waals surface area (Å²) < 4.78 is 5.00. The van der Waals surface area contributed by atoms with Gasteiger partial charge in [-0.25, -0.2) is 0 Å². The zero-order valence-electron chi connectivity index (χ0n) is 11.2. The molecule has 3 rings (SSSR count). The van der Waals surface area contributed by atoms with Gasteiger partial charge in [0.05, 0.1) is 13.1 Å². The lowest BCUT2D eigenvalue weighted by atomic mass is 10.1. The molecular weight excluding hydrogens is 314 g/mol. The van der Waals surface area contributed by atoms with Crippen molar-refractivity contribution >= 4 is 29.7 Å². The van der Waals surface area contributed by atoms with Gasteiger partial charge in [-0.15, -0.1) is 23.7 Å². The van der Waals surface area contributed by atoms with Gasteiger partial charge in [0.15, 0.2) is 5.82 Å². The lowest BCUT2D eigenvalue weighted by Gasteiger charge is -2.33. The summed E-state index contributed by atoms with van der Waals surface area (Å²) in [6.07, 6.45) is 0.